The molecule has 0 fully saturated rings. The molecule has 0 saturated carbocycles. The summed E-state index contributed by atoms with van der Waals surface area (Å²) in [6, 6.07) is 19.6. The van der Waals surface area contributed by atoms with Gasteiger partial charge in [0.05, 0.1) is 24.8 Å². The molecule has 1 aromatic heterocycles. The van der Waals surface area contributed by atoms with Crippen LogP contribution in [0.15, 0.2) is 79.4 Å². The molecular weight excluding hydrogens is 530 g/mol. The lowest BCUT2D eigenvalue weighted by Gasteiger charge is -2.25. The summed E-state index contributed by atoms with van der Waals surface area (Å²) >= 11 is 6.23. The quantitative estimate of drug-likeness (QED) is 0.281. The van der Waals surface area contributed by atoms with Crippen molar-refractivity contribution in [3.05, 3.63) is 101 Å². The monoisotopic (exact) mass is 559 g/mol. The number of rotatable bonds is 9. The smallest absolute Gasteiger partial charge is 0.259 e. The SMILES string of the molecule is COC1CCc2cc(Cl)ccc2N(C(=O)c2ccc(NC(=O)c3ccccc3OCCCn3cncn3)cc2)C1. The standard InChI is InChI=1S/C30H30ClN5O4/c1-39-25-13-9-22-17-23(31)10-14-27(22)36(18-25)30(38)21-7-11-24(12-8-21)34-29(37)26-5-2-3-6-28(26)40-16-4-15-35-20-32-19-33-35/h2-3,5-8,10-12,14,17,19-20,25H,4,9,13,15-16,18H2,1H3,(H,34,37). The second kappa shape index (κ2) is 12.8. The number of aryl methyl sites for hydroxylation is 2. The molecule has 0 radical (unpaired) electrons. The summed E-state index contributed by atoms with van der Waals surface area (Å²) in [5.74, 6) is 0.0558. The Morgan fingerprint density at radius 2 is 1.93 bits per heavy atom. The molecule has 0 spiro atoms. The van der Waals surface area contributed by atoms with Crippen LogP contribution in [0.2, 0.25) is 5.02 Å². The van der Waals surface area contributed by atoms with Gasteiger partial charge in [-0.05, 0) is 73.0 Å². The molecule has 10 heteroatoms. The van der Waals surface area contributed by atoms with Gasteiger partial charge in [0, 0.05) is 42.0 Å². The highest BCUT2D eigenvalue weighted by atomic mass is 35.5. The second-order valence-electron chi connectivity index (χ2n) is 9.47. The third-order valence-electron chi connectivity index (χ3n) is 6.81. The number of hydrogen-bond donors (Lipinski definition) is 1. The predicted molar refractivity (Wildman–Crippen MR) is 153 cm³/mol. The van der Waals surface area contributed by atoms with Gasteiger partial charge in [-0.3, -0.25) is 14.3 Å². The van der Waals surface area contributed by atoms with E-state index in [4.69, 9.17) is 21.1 Å². The van der Waals surface area contributed by atoms with E-state index >= 15 is 0 Å². The number of halogens is 1. The normalized spacial score (nSPS) is 14.8. The number of nitrogens with one attached hydrogen (secondary N) is 1. The third-order valence-corrected chi connectivity index (χ3v) is 7.04. The Hall–Kier alpha value is -4.21. The van der Waals surface area contributed by atoms with Gasteiger partial charge >= 0.3 is 0 Å². The molecule has 0 bridgehead atoms. The summed E-state index contributed by atoms with van der Waals surface area (Å²) in [5, 5.41) is 7.62. The molecule has 1 aliphatic rings. The molecule has 5 rings (SSSR count). The van der Waals surface area contributed by atoms with Gasteiger partial charge in [-0.15, -0.1) is 0 Å². The minimum atomic E-state index is -0.299. The molecular formula is C30H30ClN5O4. The molecule has 206 valence electrons. The Morgan fingerprint density at radius 1 is 1.10 bits per heavy atom. The summed E-state index contributed by atoms with van der Waals surface area (Å²) in [5.41, 5.74) is 3.36. The highest BCUT2D eigenvalue weighted by molar-refractivity contribution is 6.30. The number of para-hydroxylation sites is 1. The van der Waals surface area contributed by atoms with E-state index in [1.54, 1.807) is 71.5 Å². The van der Waals surface area contributed by atoms with Crippen molar-refractivity contribution in [1.82, 2.24) is 14.8 Å². The van der Waals surface area contributed by atoms with Crippen LogP contribution in [-0.4, -0.2) is 52.9 Å². The van der Waals surface area contributed by atoms with Crippen molar-refractivity contribution in [2.24, 2.45) is 0 Å². The highest BCUT2D eigenvalue weighted by Crippen LogP contribution is 2.31. The first-order valence-corrected chi connectivity index (χ1v) is 13.5. The van der Waals surface area contributed by atoms with Crippen LogP contribution in [0.3, 0.4) is 0 Å². The fraction of sp³-hybridized carbons (Fsp3) is 0.267. The molecule has 1 N–H and O–H groups in total. The van der Waals surface area contributed by atoms with Crippen molar-refractivity contribution in [2.45, 2.75) is 31.9 Å². The van der Waals surface area contributed by atoms with Crippen LogP contribution in [0.4, 0.5) is 11.4 Å². The highest BCUT2D eigenvalue weighted by Gasteiger charge is 2.27. The molecule has 0 saturated heterocycles. The molecule has 2 heterocycles. The molecule has 9 nitrogen and oxygen atoms in total. The average Bonchev–Trinajstić information content (AvgIpc) is 3.43. The van der Waals surface area contributed by atoms with Crippen LogP contribution in [-0.2, 0) is 17.7 Å². The number of carbonyl (C=O) groups excluding carboxylic acids is 2. The Bertz CT molecular complexity index is 1460. The lowest BCUT2D eigenvalue weighted by atomic mass is 10.1. The fourth-order valence-electron chi connectivity index (χ4n) is 4.70. The molecule has 1 atom stereocenters. The van der Waals surface area contributed by atoms with Gasteiger partial charge in [-0.25, -0.2) is 4.98 Å². The van der Waals surface area contributed by atoms with E-state index in [0.717, 1.165) is 24.1 Å². The second-order valence-corrected chi connectivity index (χ2v) is 9.91. The largest absolute Gasteiger partial charge is 0.493 e. The maximum atomic E-state index is 13.6. The number of carbonyl (C=O) groups is 2. The first kappa shape index (κ1) is 27.4. The van der Waals surface area contributed by atoms with E-state index in [-0.39, 0.29) is 17.9 Å². The number of anilines is 2. The summed E-state index contributed by atoms with van der Waals surface area (Å²) < 4.78 is 13.2. The lowest BCUT2D eigenvalue weighted by molar-refractivity contribution is 0.0879. The predicted octanol–water partition coefficient (Wildman–Crippen LogP) is 5.26. The van der Waals surface area contributed by atoms with Gasteiger partial charge in [0.25, 0.3) is 11.8 Å². The zero-order chi connectivity index (χ0) is 27.9. The number of methoxy groups -OCH3 is 1. The number of ether oxygens (including phenoxy) is 2. The van der Waals surface area contributed by atoms with E-state index < -0.39 is 0 Å². The molecule has 1 aliphatic heterocycles. The maximum Gasteiger partial charge on any atom is 0.259 e. The molecule has 40 heavy (non-hydrogen) atoms. The summed E-state index contributed by atoms with van der Waals surface area (Å²) in [6.07, 6.45) is 5.35. The number of fused-ring (bicyclic) bond motifs is 1. The van der Waals surface area contributed by atoms with Gasteiger partial charge in [0.15, 0.2) is 0 Å². The van der Waals surface area contributed by atoms with Crippen LogP contribution >= 0.6 is 11.6 Å². The van der Waals surface area contributed by atoms with Crippen molar-refractivity contribution in [3.8, 4) is 5.75 Å². The Morgan fingerprint density at radius 3 is 2.70 bits per heavy atom. The van der Waals surface area contributed by atoms with Crippen molar-refractivity contribution in [1.29, 1.82) is 0 Å². The lowest BCUT2D eigenvalue weighted by Crippen LogP contribution is -2.37. The van der Waals surface area contributed by atoms with Crippen LogP contribution in [0.5, 0.6) is 5.75 Å². The Kier molecular flexibility index (Phi) is 8.73. The molecule has 1 unspecified atom stereocenters. The van der Waals surface area contributed by atoms with E-state index in [2.05, 4.69) is 15.4 Å². The number of benzene rings is 3. The maximum absolute atomic E-state index is 13.6. The van der Waals surface area contributed by atoms with E-state index in [1.807, 2.05) is 18.2 Å². The van der Waals surface area contributed by atoms with Crippen LogP contribution in [0.25, 0.3) is 0 Å². The van der Waals surface area contributed by atoms with Gasteiger partial charge < -0.3 is 19.7 Å². The molecule has 0 aliphatic carbocycles. The Balaban J connectivity index is 1.25. The van der Waals surface area contributed by atoms with Crippen LogP contribution in [0, 0.1) is 0 Å². The Labute approximate surface area is 237 Å². The first-order valence-electron chi connectivity index (χ1n) is 13.1. The first-order chi connectivity index (χ1) is 19.5. The van der Waals surface area contributed by atoms with Crippen LogP contribution in [0.1, 0.15) is 39.1 Å². The third kappa shape index (κ3) is 6.50. The minimum absolute atomic E-state index is 0.0847. The molecule has 3 aromatic carbocycles. The fourth-order valence-corrected chi connectivity index (χ4v) is 4.89. The number of amides is 2. The van der Waals surface area contributed by atoms with Gasteiger partial charge in [-0.1, -0.05) is 23.7 Å². The average molecular weight is 560 g/mol. The van der Waals surface area contributed by atoms with Gasteiger partial charge in [0.1, 0.15) is 18.4 Å². The zero-order valence-corrected chi connectivity index (χ0v) is 22.9. The minimum Gasteiger partial charge on any atom is -0.493 e. The summed E-state index contributed by atoms with van der Waals surface area (Å²) in [6.45, 7) is 1.54. The van der Waals surface area contributed by atoms with E-state index in [0.29, 0.717) is 53.7 Å². The van der Waals surface area contributed by atoms with Crippen molar-refractivity contribution >= 4 is 34.8 Å². The topological polar surface area (TPSA) is 98.6 Å². The van der Waals surface area contributed by atoms with Gasteiger partial charge in [-0.2, -0.15) is 5.10 Å². The van der Waals surface area contributed by atoms with Crippen molar-refractivity contribution in [2.75, 3.05) is 30.5 Å². The molecule has 2 amide bonds. The van der Waals surface area contributed by atoms with Crippen molar-refractivity contribution < 1.29 is 19.1 Å². The molecule has 4 aromatic rings. The number of nitrogens with zero attached hydrogens (tertiary/aromatic N) is 4. The summed E-state index contributed by atoms with van der Waals surface area (Å²) in [4.78, 5) is 32.3. The van der Waals surface area contributed by atoms with Crippen LogP contribution < -0.4 is 15.0 Å². The van der Waals surface area contributed by atoms with E-state index in [9.17, 15) is 9.59 Å². The summed E-state index contributed by atoms with van der Waals surface area (Å²) in [7, 11) is 1.66. The zero-order valence-electron chi connectivity index (χ0n) is 22.1. The van der Waals surface area contributed by atoms with Crippen molar-refractivity contribution in [3.63, 3.8) is 0 Å². The number of aromatic nitrogens is 3. The number of hydrogen-bond acceptors (Lipinski definition) is 6. The van der Waals surface area contributed by atoms with Gasteiger partial charge in [0.2, 0.25) is 0 Å². The van der Waals surface area contributed by atoms with E-state index in [1.165, 1.54) is 6.33 Å².